The largest absolute Gasteiger partial charge is 0.508 e. The normalized spacial score (nSPS) is 10.3. The smallest absolute Gasteiger partial charge is 0.173 e. The number of rotatable bonds is 7. The van der Waals surface area contributed by atoms with E-state index >= 15 is 0 Å². The highest BCUT2D eigenvalue weighted by molar-refractivity contribution is 7.80. The minimum Gasteiger partial charge on any atom is -0.508 e. The molecule has 0 atom stereocenters. The van der Waals surface area contributed by atoms with Gasteiger partial charge >= 0.3 is 0 Å². The van der Waals surface area contributed by atoms with Gasteiger partial charge in [0.15, 0.2) is 5.11 Å². The molecule has 0 radical (unpaired) electrons. The Hall–Kier alpha value is -3.05. The molecule has 144 valence electrons. The average molecular weight is 393 g/mol. The summed E-state index contributed by atoms with van der Waals surface area (Å²) in [6.07, 6.45) is 0.883. The molecule has 3 aromatic carbocycles. The van der Waals surface area contributed by atoms with Crippen molar-refractivity contribution in [2.45, 2.75) is 13.0 Å². The number of benzene rings is 3. The maximum absolute atomic E-state index is 10.2. The van der Waals surface area contributed by atoms with Crippen LogP contribution in [0.3, 0.4) is 0 Å². The molecule has 0 saturated carbocycles. The maximum atomic E-state index is 10.2. The maximum Gasteiger partial charge on any atom is 0.173 e. The molecule has 0 aromatic heterocycles. The average Bonchev–Trinajstić information content (AvgIpc) is 2.74. The van der Waals surface area contributed by atoms with Gasteiger partial charge in [-0.25, -0.2) is 0 Å². The first-order valence-corrected chi connectivity index (χ1v) is 9.58. The highest BCUT2D eigenvalue weighted by atomic mass is 32.1. The molecule has 0 aliphatic heterocycles. The zero-order valence-electron chi connectivity index (χ0n) is 15.8. The van der Waals surface area contributed by atoms with Gasteiger partial charge < -0.3 is 20.1 Å². The van der Waals surface area contributed by atoms with Crippen molar-refractivity contribution in [2.24, 2.45) is 0 Å². The van der Waals surface area contributed by atoms with Crippen molar-refractivity contribution in [3.05, 3.63) is 90.0 Å². The van der Waals surface area contributed by atoms with E-state index in [0.29, 0.717) is 11.7 Å². The number of nitrogens with one attached hydrogen (secondary N) is 1. The van der Waals surface area contributed by atoms with E-state index in [1.165, 1.54) is 5.56 Å². The predicted octanol–water partition coefficient (Wildman–Crippen LogP) is 4.52. The van der Waals surface area contributed by atoms with Crippen molar-refractivity contribution >= 4 is 23.0 Å². The third kappa shape index (κ3) is 5.24. The summed E-state index contributed by atoms with van der Waals surface area (Å²) >= 11 is 5.68. The van der Waals surface area contributed by atoms with Crippen LogP contribution in [-0.4, -0.2) is 23.9 Å². The van der Waals surface area contributed by atoms with Crippen LogP contribution >= 0.6 is 12.2 Å². The summed E-state index contributed by atoms with van der Waals surface area (Å²) in [6.45, 7) is 1.20. The zero-order chi connectivity index (χ0) is 19.8. The van der Waals surface area contributed by atoms with Crippen LogP contribution in [0.4, 0.5) is 5.69 Å². The van der Waals surface area contributed by atoms with Gasteiger partial charge in [0.25, 0.3) is 0 Å². The van der Waals surface area contributed by atoms with E-state index in [0.717, 1.165) is 30.0 Å². The number of nitrogens with zero attached hydrogens (tertiary/aromatic N) is 1. The lowest BCUT2D eigenvalue weighted by molar-refractivity contribution is 0.415. The first-order valence-electron chi connectivity index (χ1n) is 9.17. The minimum absolute atomic E-state index is 0.257. The van der Waals surface area contributed by atoms with Gasteiger partial charge in [0.05, 0.1) is 13.7 Å². The van der Waals surface area contributed by atoms with Crippen molar-refractivity contribution < 1.29 is 9.84 Å². The Balaban J connectivity index is 1.74. The summed E-state index contributed by atoms with van der Waals surface area (Å²) in [5, 5.41) is 14.1. The molecule has 0 aliphatic rings. The fourth-order valence-corrected chi connectivity index (χ4v) is 3.18. The van der Waals surface area contributed by atoms with Crippen LogP contribution < -0.4 is 15.0 Å². The van der Waals surface area contributed by atoms with E-state index in [1.807, 2.05) is 65.6 Å². The number of methoxy groups -OCH3 is 1. The third-order valence-electron chi connectivity index (χ3n) is 4.48. The Kier molecular flexibility index (Phi) is 6.87. The van der Waals surface area contributed by atoms with Crippen molar-refractivity contribution in [3.63, 3.8) is 0 Å². The van der Waals surface area contributed by atoms with E-state index in [1.54, 1.807) is 13.2 Å². The number of hydrogen-bond acceptors (Lipinski definition) is 3. The van der Waals surface area contributed by atoms with Crippen molar-refractivity contribution in [1.29, 1.82) is 0 Å². The first-order chi connectivity index (χ1) is 13.7. The Labute approximate surface area is 171 Å². The number of ether oxygens (including phenoxy) is 1. The molecule has 0 amide bonds. The molecule has 0 aliphatic carbocycles. The number of para-hydroxylation sites is 1. The molecule has 28 heavy (non-hydrogen) atoms. The van der Waals surface area contributed by atoms with Gasteiger partial charge in [-0.1, -0.05) is 48.5 Å². The first kappa shape index (κ1) is 19.7. The number of anilines is 1. The second kappa shape index (κ2) is 9.76. The predicted molar refractivity (Wildman–Crippen MR) is 118 cm³/mol. The second-order valence-electron chi connectivity index (χ2n) is 6.38. The Bertz CT molecular complexity index is 898. The Morgan fingerprint density at radius 1 is 0.964 bits per heavy atom. The van der Waals surface area contributed by atoms with Gasteiger partial charge in [-0.05, 0) is 54.5 Å². The molecule has 0 fully saturated rings. The lowest BCUT2D eigenvalue weighted by Crippen LogP contribution is -2.40. The lowest BCUT2D eigenvalue weighted by Gasteiger charge is -2.26. The summed E-state index contributed by atoms with van der Waals surface area (Å²) in [6, 6.07) is 25.3. The molecule has 5 heteroatoms. The molecule has 0 heterocycles. The highest BCUT2D eigenvalue weighted by Gasteiger charge is 2.15. The van der Waals surface area contributed by atoms with E-state index in [2.05, 4.69) is 17.4 Å². The minimum atomic E-state index is 0.257. The van der Waals surface area contributed by atoms with Crippen molar-refractivity contribution in [3.8, 4) is 11.5 Å². The van der Waals surface area contributed by atoms with Crippen molar-refractivity contribution in [1.82, 2.24) is 5.32 Å². The van der Waals surface area contributed by atoms with E-state index in [9.17, 15) is 5.11 Å². The number of phenolic OH excluding ortho intramolecular Hbond substituents is 1. The second-order valence-corrected chi connectivity index (χ2v) is 6.77. The number of aromatic hydroxyl groups is 1. The van der Waals surface area contributed by atoms with Crippen LogP contribution in [0.2, 0.25) is 0 Å². The number of hydrogen-bond donors (Lipinski definition) is 2. The molecular weight excluding hydrogens is 368 g/mol. The van der Waals surface area contributed by atoms with Crippen LogP contribution in [-0.2, 0) is 13.0 Å². The summed E-state index contributed by atoms with van der Waals surface area (Å²) < 4.78 is 5.25. The van der Waals surface area contributed by atoms with Gasteiger partial charge in [-0.3, -0.25) is 0 Å². The molecule has 2 N–H and O–H groups in total. The van der Waals surface area contributed by atoms with Crippen LogP contribution in [0, 0.1) is 0 Å². The van der Waals surface area contributed by atoms with Gasteiger partial charge in [-0.2, -0.15) is 0 Å². The summed E-state index contributed by atoms with van der Waals surface area (Å²) in [5.74, 6) is 1.04. The fraction of sp³-hybridized carbons (Fsp3) is 0.174. The van der Waals surface area contributed by atoms with E-state index in [4.69, 9.17) is 17.0 Å². The van der Waals surface area contributed by atoms with E-state index in [-0.39, 0.29) is 5.75 Å². The molecular formula is C23H24N2O2S. The summed E-state index contributed by atoms with van der Waals surface area (Å²) in [7, 11) is 1.64. The SMILES string of the molecule is COc1ccc(N(Cc2ccccc2O)C(=S)NCCc2ccccc2)cc1. The summed E-state index contributed by atoms with van der Waals surface area (Å²) in [5.41, 5.74) is 3.00. The zero-order valence-corrected chi connectivity index (χ0v) is 16.7. The van der Waals surface area contributed by atoms with Gasteiger partial charge in [0, 0.05) is 17.8 Å². The Morgan fingerprint density at radius 2 is 1.64 bits per heavy atom. The monoisotopic (exact) mass is 392 g/mol. The highest BCUT2D eigenvalue weighted by Crippen LogP contribution is 2.24. The number of phenols is 1. The standard InChI is InChI=1S/C23H24N2O2S/c1-27-21-13-11-20(12-14-21)25(17-19-9-5-6-10-22(19)26)23(28)24-16-15-18-7-3-2-4-8-18/h2-14,26H,15-17H2,1H3,(H,24,28). The molecule has 0 unspecified atom stereocenters. The quantitative estimate of drug-likeness (QED) is 0.579. The van der Waals surface area contributed by atoms with Crippen LogP contribution in [0.1, 0.15) is 11.1 Å². The molecule has 4 nitrogen and oxygen atoms in total. The Morgan fingerprint density at radius 3 is 2.32 bits per heavy atom. The fourth-order valence-electron chi connectivity index (χ4n) is 2.91. The van der Waals surface area contributed by atoms with Gasteiger partial charge in [0.2, 0.25) is 0 Å². The molecule has 0 saturated heterocycles. The van der Waals surface area contributed by atoms with Gasteiger partial charge in [-0.15, -0.1) is 0 Å². The van der Waals surface area contributed by atoms with Crippen LogP contribution in [0.15, 0.2) is 78.9 Å². The van der Waals surface area contributed by atoms with Gasteiger partial charge in [0.1, 0.15) is 11.5 Å². The van der Waals surface area contributed by atoms with Crippen LogP contribution in [0.5, 0.6) is 11.5 Å². The molecule has 0 spiro atoms. The third-order valence-corrected chi connectivity index (χ3v) is 4.85. The molecule has 3 aromatic rings. The topological polar surface area (TPSA) is 44.7 Å². The number of thiocarbonyl (C=S) groups is 1. The van der Waals surface area contributed by atoms with E-state index < -0.39 is 0 Å². The molecule has 0 bridgehead atoms. The van der Waals surface area contributed by atoms with Crippen molar-refractivity contribution in [2.75, 3.05) is 18.6 Å². The molecule has 3 rings (SSSR count). The lowest BCUT2D eigenvalue weighted by atomic mass is 10.1. The summed E-state index contributed by atoms with van der Waals surface area (Å²) in [4.78, 5) is 1.98. The van der Waals surface area contributed by atoms with Crippen LogP contribution in [0.25, 0.3) is 0 Å².